The Morgan fingerprint density at radius 3 is 2.48 bits per heavy atom. The lowest BCUT2D eigenvalue weighted by Gasteiger charge is -2.22. The Morgan fingerprint density at radius 2 is 1.87 bits per heavy atom. The van der Waals surface area contributed by atoms with Crippen LogP contribution in [0.5, 0.6) is 0 Å². The first kappa shape index (κ1) is 21.7. The van der Waals surface area contributed by atoms with Crippen LogP contribution in [0.3, 0.4) is 0 Å². The molecule has 0 saturated carbocycles. The molecule has 0 aromatic heterocycles. The van der Waals surface area contributed by atoms with Gasteiger partial charge in [0.2, 0.25) is 10.0 Å². The zero-order valence-electron chi connectivity index (χ0n) is 16.4. The zero-order valence-corrected chi connectivity index (χ0v) is 17.2. The lowest BCUT2D eigenvalue weighted by Crippen LogP contribution is -2.38. The van der Waals surface area contributed by atoms with Crippen LogP contribution in [0.4, 0.5) is 17.6 Å². The van der Waals surface area contributed by atoms with E-state index in [4.69, 9.17) is 5.73 Å². The van der Waals surface area contributed by atoms with E-state index in [-0.39, 0.29) is 11.4 Å². The van der Waals surface area contributed by atoms with Crippen molar-refractivity contribution in [3.05, 3.63) is 52.6 Å². The van der Waals surface area contributed by atoms with E-state index in [1.54, 1.807) is 13.0 Å². The highest BCUT2D eigenvalue weighted by Gasteiger charge is 2.50. The smallest absolute Gasteiger partial charge is 0.263 e. The maximum Gasteiger partial charge on any atom is 0.263 e. The van der Waals surface area contributed by atoms with Gasteiger partial charge in [0.25, 0.3) is 5.92 Å². The Labute approximate surface area is 176 Å². The summed E-state index contributed by atoms with van der Waals surface area (Å²) < 4.78 is 83.5. The summed E-state index contributed by atoms with van der Waals surface area (Å²) in [6, 6.07) is 2.96. The molecule has 31 heavy (non-hydrogen) atoms. The summed E-state index contributed by atoms with van der Waals surface area (Å²) in [6.07, 6.45) is -0.872. The minimum absolute atomic E-state index is 0.179. The Kier molecular flexibility index (Phi) is 5.10. The normalized spacial score (nSPS) is 20.7. The number of rotatable bonds is 4. The van der Waals surface area contributed by atoms with Crippen LogP contribution in [0.15, 0.2) is 34.2 Å². The summed E-state index contributed by atoms with van der Waals surface area (Å²) in [5.41, 5.74) is 7.47. The third kappa shape index (κ3) is 3.50. The number of hydrogen-bond acceptors (Lipinski definition) is 5. The fourth-order valence-electron chi connectivity index (χ4n) is 4.17. The quantitative estimate of drug-likeness (QED) is 0.690. The van der Waals surface area contributed by atoms with Crippen LogP contribution >= 0.6 is 0 Å². The predicted octanol–water partition coefficient (Wildman–Crippen LogP) is 2.55. The first-order chi connectivity index (χ1) is 14.5. The van der Waals surface area contributed by atoms with Crippen molar-refractivity contribution >= 4 is 15.9 Å². The summed E-state index contributed by atoms with van der Waals surface area (Å²) in [4.78, 5) is 3.30. The van der Waals surface area contributed by atoms with Crippen molar-refractivity contribution in [2.75, 3.05) is 13.2 Å². The molecule has 0 radical (unpaired) electrons. The average molecular weight is 457 g/mol. The molecule has 0 spiro atoms. The Bertz CT molecular complexity index is 1190. The predicted molar refractivity (Wildman–Crippen MR) is 105 cm³/mol. The molecular formula is C20H19F4N3O3S. The lowest BCUT2D eigenvalue weighted by atomic mass is 9.93. The minimum Gasteiger partial charge on any atom is -0.395 e. The van der Waals surface area contributed by atoms with Gasteiger partial charge in [-0.25, -0.2) is 26.0 Å². The maximum atomic E-state index is 15.0. The summed E-state index contributed by atoms with van der Waals surface area (Å²) in [5, 5.41) is 9.30. The number of nitrogens with zero attached hydrogens (tertiary/aromatic N) is 2. The highest BCUT2D eigenvalue weighted by atomic mass is 32.2. The second-order valence-corrected chi connectivity index (χ2v) is 9.57. The Balaban J connectivity index is 1.79. The second-order valence-electron chi connectivity index (χ2n) is 7.68. The van der Waals surface area contributed by atoms with E-state index in [1.807, 2.05) is 0 Å². The van der Waals surface area contributed by atoms with E-state index in [9.17, 15) is 31.1 Å². The Hall–Kier alpha value is -2.50. The molecule has 2 aromatic carbocycles. The van der Waals surface area contributed by atoms with E-state index in [1.165, 1.54) is 6.07 Å². The fourth-order valence-corrected chi connectivity index (χ4v) is 5.84. The molecule has 0 amide bonds. The van der Waals surface area contributed by atoms with Gasteiger partial charge in [-0.3, -0.25) is 4.99 Å². The highest BCUT2D eigenvalue weighted by molar-refractivity contribution is 7.89. The highest BCUT2D eigenvalue weighted by Crippen LogP contribution is 2.38. The van der Waals surface area contributed by atoms with Crippen LogP contribution in [0, 0.1) is 18.6 Å². The van der Waals surface area contributed by atoms with Gasteiger partial charge in [0, 0.05) is 12.0 Å². The van der Waals surface area contributed by atoms with Crippen molar-refractivity contribution in [3.63, 3.8) is 0 Å². The van der Waals surface area contributed by atoms with Crippen LogP contribution < -0.4 is 5.73 Å². The number of nitrogens with two attached hydrogens (primary N) is 1. The average Bonchev–Trinajstić information content (AvgIpc) is 3.22. The Morgan fingerprint density at radius 1 is 1.23 bits per heavy atom. The van der Waals surface area contributed by atoms with Crippen molar-refractivity contribution in [2.45, 2.75) is 36.7 Å². The number of hydrogen-bond donors (Lipinski definition) is 2. The van der Waals surface area contributed by atoms with Gasteiger partial charge in [0.1, 0.15) is 17.5 Å². The fraction of sp³-hybridized carbons (Fsp3) is 0.350. The molecule has 4 rings (SSSR count). The van der Waals surface area contributed by atoms with Crippen LogP contribution in [-0.4, -0.2) is 48.8 Å². The van der Waals surface area contributed by atoms with Gasteiger partial charge >= 0.3 is 0 Å². The van der Waals surface area contributed by atoms with Gasteiger partial charge in [-0.05, 0) is 35.7 Å². The van der Waals surface area contributed by atoms with Gasteiger partial charge < -0.3 is 10.8 Å². The third-order valence-electron chi connectivity index (χ3n) is 5.66. The monoisotopic (exact) mass is 457 g/mol. The van der Waals surface area contributed by atoms with Gasteiger partial charge in [-0.1, -0.05) is 12.1 Å². The van der Waals surface area contributed by atoms with Gasteiger partial charge in [0.05, 0.1) is 36.2 Å². The number of halogens is 4. The molecule has 2 aliphatic rings. The molecule has 1 fully saturated rings. The molecule has 2 heterocycles. The van der Waals surface area contributed by atoms with E-state index in [0.29, 0.717) is 34.1 Å². The van der Waals surface area contributed by atoms with E-state index in [2.05, 4.69) is 4.99 Å². The molecular weight excluding hydrogens is 438 g/mol. The molecule has 2 aliphatic heterocycles. The maximum absolute atomic E-state index is 15.0. The molecule has 2 aromatic rings. The number of alkyl halides is 2. The number of sulfonamides is 1. The van der Waals surface area contributed by atoms with E-state index >= 15 is 0 Å². The zero-order chi connectivity index (χ0) is 22.7. The van der Waals surface area contributed by atoms with Crippen LogP contribution in [-0.2, 0) is 16.6 Å². The SMILES string of the molecule is Cc1c(-c2c(F)cc(S(=O)(=O)N3CC(F)(F)C[C@H]3CO)cc2F)ccc2c1C(N)=NC2. The molecule has 0 unspecified atom stereocenters. The molecule has 3 N–H and O–H groups in total. The largest absolute Gasteiger partial charge is 0.395 e. The molecule has 1 saturated heterocycles. The lowest BCUT2D eigenvalue weighted by molar-refractivity contribution is 0.0161. The summed E-state index contributed by atoms with van der Waals surface area (Å²) in [5.74, 6) is -5.43. The molecule has 0 aliphatic carbocycles. The molecule has 11 heteroatoms. The third-order valence-corrected chi connectivity index (χ3v) is 7.53. The van der Waals surface area contributed by atoms with Crippen LogP contribution in [0.1, 0.15) is 23.1 Å². The molecule has 1 atom stereocenters. The second kappa shape index (κ2) is 7.28. The standard InChI is InChI=1S/C20H19F4N3O3S/c1-10-14(3-2-11-7-26-19(25)17(10)11)18-15(21)4-13(5-16(18)22)31(29,30)27-9-20(23,24)6-12(27)8-28/h2-5,12,28H,6-9H2,1H3,(H2,25,26)/t12-/m0/s1. The summed E-state index contributed by atoms with van der Waals surface area (Å²) >= 11 is 0. The van der Waals surface area contributed by atoms with E-state index < -0.39 is 63.7 Å². The molecule has 0 bridgehead atoms. The molecule has 6 nitrogen and oxygen atoms in total. The number of aliphatic hydroxyl groups is 1. The van der Waals surface area contributed by atoms with Gasteiger partial charge in [-0.15, -0.1) is 0 Å². The number of fused-ring (bicyclic) bond motifs is 1. The van der Waals surface area contributed by atoms with Gasteiger partial charge in [0.15, 0.2) is 0 Å². The number of aliphatic hydroxyl groups excluding tert-OH is 1. The topological polar surface area (TPSA) is 96.0 Å². The number of amidine groups is 1. The number of aliphatic imine (C=N–C) groups is 1. The summed E-state index contributed by atoms with van der Waals surface area (Å²) in [7, 11) is -4.67. The van der Waals surface area contributed by atoms with Crippen molar-refractivity contribution in [1.82, 2.24) is 4.31 Å². The minimum atomic E-state index is -4.67. The molecule has 166 valence electrons. The number of benzene rings is 2. The van der Waals surface area contributed by atoms with Crippen LogP contribution in [0.2, 0.25) is 0 Å². The first-order valence-corrected chi connectivity index (χ1v) is 10.8. The first-order valence-electron chi connectivity index (χ1n) is 9.39. The van der Waals surface area contributed by atoms with Crippen LogP contribution in [0.25, 0.3) is 11.1 Å². The van der Waals surface area contributed by atoms with Crippen molar-refractivity contribution in [3.8, 4) is 11.1 Å². The van der Waals surface area contributed by atoms with Crippen molar-refractivity contribution in [2.24, 2.45) is 10.7 Å². The van der Waals surface area contributed by atoms with Gasteiger partial charge in [-0.2, -0.15) is 4.31 Å². The summed E-state index contributed by atoms with van der Waals surface area (Å²) in [6.45, 7) is -0.0241. The van der Waals surface area contributed by atoms with Crippen molar-refractivity contribution in [1.29, 1.82) is 0 Å². The van der Waals surface area contributed by atoms with Crippen molar-refractivity contribution < 1.29 is 31.1 Å². The van der Waals surface area contributed by atoms with E-state index in [0.717, 1.165) is 5.56 Å².